The molecular formula is C24H19ClN6O. The molecule has 0 amide bonds. The van der Waals surface area contributed by atoms with Crippen LogP contribution in [0.25, 0.3) is 39.5 Å². The lowest BCUT2D eigenvalue weighted by atomic mass is 10.2. The van der Waals surface area contributed by atoms with Gasteiger partial charge in [-0.25, -0.2) is 15.0 Å². The number of nitrogens with zero attached hydrogens (tertiary/aromatic N) is 5. The first-order valence-electron chi connectivity index (χ1n) is 9.98. The normalized spacial score (nSPS) is 11.2. The summed E-state index contributed by atoms with van der Waals surface area (Å²) in [6.45, 7) is 0. The summed E-state index contributed by atoms with van der Waals surface area (Å²) in [4.78, 5) is 25.8. The molecule has 5 aromatic rings. The summed E-state index contributed by atoms with van der Waals surface area (Å²) < 4.78 is 3.50. The van der Waals surface area contributed by atoms with Crippen molar-refractivity contribution < 1.29 is 0 Å². The van der Waals surface area contributed by atoms with E-state index in [0.717, 1.165) is 33.6 Å². The van der Waals surface area contributed by atoms with E-state index in [1.165, 1.54) is 10.6 Å². The van der Waals surface area contributed by atoms with Gasteiger partial charge in [0.15, 0.2) is 11.5 Å². The largest absolute Gasteiger partial charge is 0.383 e. The van der Waals surface area contributed by atoms with Crippen LogP contribution in [0.3, 0.4) is 0 Å². The monoisotopic (exact) mass is 442 g/mol. The second kappa shape index (κ2) is 7.94. The first-order valence-corrected chi connectivity index (χ1v) is 10.5. The molecule has 2 N–H and O–H groups in total. The van der Waals surface area contributed by atoms with Crippen molar-refractivity contribution >= 4 is 28.6 Å². The zero-order valence-corrected chi connectivity index (χ0v) is 18.0. The van der Waals surface area contributed by atoms with Crippen molar-refractivity contribution in [3.8, 4) is 28.3 Å². The van der Waals surface area contributed by atoms with E-state index < -0.39 is 0 Å². The third-order valence-electron chi connectivity index (χ3n) is 5.31. The Morgan fingerprint density at radius 1 is 1.00 bits per heavy atom. The molecule has 0 radical (unpaired) electrons. The molecule has 0 saturated heterocycles. The van der Waals surface area contributed by atoms with Gasteiger partial charge in [0, 0.05) is 42.6 Å². The van der Waals surface area contributed by atoms with E-state index >= 15 is 0 Å². The number of rotatable bonds is 4. The summed E-state index contributed by atoms with van der Waals surface area (Å²) in [5.74, 6) is 1.47. The standard InChI is InChI=1S/C24H19ClN6O/c1-30-14-16(6-11-21(30)32)19-9-10-20-24(28-19)31(17-7-4-15(13-25)5-8-17)23(29-20)18-3-2-12-27-22(18)26/h2-12,14H,13H2,1H3,(H2,26,27). The van der Waals surface area contributed by atoms with E-state index in [4.69, 9.17) is 27.3 Å². The Labute approximate surface area is 188 Å². The molecular weight excluding hydrogens is 424 g/mol. The molecule has 0 spiro atoms. The number of hydrogen-bond acceptors (Lipinski definition) is 5. The van der Waals surface area contributed by atoms with Crippen LogP contribution in [0.2, 0.25) is 0 Å². The molecule has 0 aliphatic carbocycles. The maximum Gasteiger partial charge on any atom is 0.250 e. The zero-order valence-electron chi connectivity index (χ0n) is 17.2. The molecule has 0 aliphatic heterocycles. The third kappa shape index (κ3) is 3.42. The summed E-state index contributed by atoms with van der Waals surface area (Å²) in [7, 11) is 1.72. The molecule has 4 aromatic heterocycles. The second-order valence-corrected chi connectivity index (χ2v) is 7.68. The lowest BCUT2D eigenvalue weighted by molar-refractivity contribution is 0.861. The molecule has 7 nitrogen and oxygen atoms in total. The highest BCUT2D eigenvalue weighted by Crippen LogP contribution is 2.31. The van der Waals surface area contributed by atoms with Crippen LogP contribution in [0.5, 0.6) is 0 Å². The van der Waals surface area contributed by atoms with Crippen LogP contribution < -0.4 is 11.3 Å². The number of aromatic nitrogens is 5. The minimum atomic E-state index is -0.0754. The number of nitrogen functional groups attached to an aromatic ring is 1. The Morgan fingerprint density at radius 2 is 1.81 bits per heavy atom. The van der Waals surface area contributed by atoms with Crippen molar-refractivity contribution in [3.63, 3.8) is 0 Å². The zero-order chi connectivity index (χ0) is 22.2. The number of fused-ring (bicyclic) bond motifs is 1. The Balaban J connectivity index is 1.78. The molecule has 0 aliphatic rings. The highest BCUT2D eigenvalue weighted by molar-refractivity contribution is 6.17. The average Bonchev–Trinajstić information content (AvgIpc) is 3.19. The van der Waals surface area contributed by atoms with Crippen molar-refractivity contribution in [3.05, 3.63) is 89.0 Å². The van der Waals surface area contributed by atoms with Crippen molar-refractivity contribution in [2.75, 3.05) is 5.73 Å². The lowest BCUT2D eigenvalue weighted by Gasteiger charge is -2.11. The van der Waals surface area contributed by atoms with Gasteiger partial charge in [0.05, 0.1) is 11.3 Å². The van der Waals surface area contributed by atoms with Crippen molar-refractivity contribution in [2.45, 2.75) is 5.88 Å². The first-order chi connectivity index (χ1) is 15.5. The van der Waals surface area contributed by atoms with E-state index in [2.05, 4.69) is 4.98 Å². The van der Waals surface area contributed by atoms with Crippen LogP contribution in [0.1, 0.15) is 5.56 Å². The van der Waals surface area contributed by atoms with Gasteiger partial charge in [0.2, 0.25) is 5.56 Å². The van der Waals surface area contributed by atoms with Crippen molar-refractivity contribution in [2.24, 2.45) is 7.05 Å². The molecule has 4 heterocycles. The topological polar surface area (TPSA) is 91.6 Å². The molecule has 8 heteroatoms. The summed E-state index contributed by atoms with van der Waals surface area (Å²) in [6, 6.07) is 18.7. The second-order valence-electron chi connectivity index (χ2n) is 7.41. The fraction of sp³-hybridized carbons (Fsp3) is 0.0833. The van der Waals surface area contributed by atoms with Crippen LogP contribution in [-0.4, -0.2) is 24.1 Å². The van der Waals surface area contributed by atoms with Crippen molar-refractivity contribution in [1.29, 1.82) is 0 Å². The molecule has 0 fully saturated rings. The Morgan fingerprint density at radius 3 is 2.53 bits per heavy atom. The van der Waals surface area contributed by atoms with Crippen molar-refractivity contribution in [1.82, 2.24) is 24.1 Å². The Kier molecular flexibility index (Phi) is 4.95. The lowest BCUT2D eigenvalue weighted by Crippen LogP contribution is -2.14. The minimum Gasteiger partial charge on any atom is -0.383 e. The minimum absolute atomic E-state index is 0.0754. The van der Waals surface area contributed by atoms with E-state index in [1.807, 2.05) is 53.1 Å². The summed E-state index contributed by atoms with van der Waals surface area (Å²) in [6.07, 6.45) is 3.42. The number of pyridine rings is 3. The maximum absolute atomic E-state index is 11.8. The number of nitrogens with two attached hydrogens (primary N) is 1. The van der Waals surface area contributed by atoms with Crippen LogP contribution >= 0.6 is 11.6 Å². The SMILES string of the molecule is Cn1cc(-c2ccc3nc(-c4cccnc4N)n(-c4ccc(CCl)cc4)c3n2)ccc1=O. The van der Waals surface area contributed by atoms with Gasteiger partial charge >= 0.3 is 0 Å². The molecule has 0 bridgehead atoms. The average molecular weight is 443 g/mol. The molecule has 32 heavy (non-hydrogen) atoms. The number of anilines is 1. The highest BCUT2D eigenvalue weighted by Gasteiger charge is 2.18. The number of alkyl halides is 1. The fourth-order valence-corrected chi connectivity index (χ4v) is 3.81. The molecule has 0 saturated carbocycles. The van der Waals surface area contributed by atoms with Crippen LogP contribution in [-0.2, 0) is 12.9 Å². The quantitative estimate of drug-likeness (QED) is 0.422. The Bertz CT molecular complexity index is 1500. The number of aryl methyl sites for hydroxylation is 1. The molecule has 1 aromatic carbocycles. The summed E-state index contributed by atoms with van der Waals surface area (Å²) in [5.41, 5.74) is 11.7. The van der Waals surface area contributed by atoms with Gasteiger partial charge in [-0.15, -0.1) is 11.6 Å². The predicted octanol–water partition coefficient (Wildman–Crippen LogP) is 4.17. The number of benzene rings is 1. The van der Waals surface area contributed by atoms with E-state index in [1.54, 1.807) is 25.5 Å². The van der Waals surface area contributed by atoms with E-state index in [9.17, 15) is 4.79 Å². The molecule has 0 atom stereocenters. The Hall–Kier alpha value is -3.97. The molecule has 5 rings (SSSR count). The first kappa shape index (κ1) is 20.0. The highest BCUT2D eigenvalue weighted by atomic mass is 35.5. The van der Waals surface area contributed by atoms with E-state index in [-0.39, 0.29) is 5.56 Å². The third-order valence-corrected chi connectivity index (χ3v) is 5.62. The van der Waals surface area contributed by atoms with Gasteiger partial charge in [-0.2, -0.15) is 0 Å². The summed E-state index contributed by atoms with van der Waals surface area (Å²) >= 11 is 5.98. The molecule has 0 unspecified atom stereocenters. The van der Waals surface area contributed by atoms with Gasteiger partial charge in [-0.3, -0.25) is 9.36 Å². The van der Waals surface area contributed by atoms with Crippen LogP contribution in [0, 0.1) is 0 Å². The molecule has 158 valence electrons. The van der Waals surface area contributed by atoms with Gasteiger partial charge in [0.1, 0.15) is 11.3 Å². The summed E-state index contributed by atoms with van der Waals surface area (Å²) in [5, 5.41) is 0. The van der Waals surface area contributed by atoms with Gasteiger partial charge < -0.3 is 10.3 Å². The number of hydrogen-bond donors (Lipinski definition) is 1. The van der Waals surface area contributed by atoms with Gasteiger partial charge in [-0.05, 0) is 48.0 Å². The number of imidazole rings is 1. The fourth-order valence-electron chi connectivity index (χ4n) is 3.63. The maximum atomic E-state index is 11.8. The van der Waals surface area contributed by atoms with Gasteiger partial charge in [-0.1, -0.05) is 12.1 Å². The van der Waals surface area contributed by atoms with Gasteiger partial charge in [0.25, 0.3) is 0 Å². The van der Waals surface area contributed by atoms with E-state index in [0.29, 0.717) is 23.2 Å². The van der Waals surface area contributed by atoms with Crippen LogP contribution in [0.15, 0.2) is 77.9 Å². The van der Waals surface area contributed by atoms with Crippen LogP contribution in [0.4, 0.5) is 5.82 Å². The smallest absolute Gasteiger partial charge is 0.250 e. The predicted molar refractivity (Wildman–Crippen MR) is 127 cm³/mol. The number of halogens is 1.